The molecule has 1 aromatic rings. The first-order chi connectivity index (χ1) is 10.2. The molecule has 1 atom stereocenters. The minimum absolute atomic E-state index is 0.526. The summed E-state index contributed by atoms with van der Waals surface area (Å²) in [5.74, 6) is 4.67. The molecular weight excluding hydrogens is 284 g/mol. The summed E-state index contributed by atoms with van der Waals surface area (Å²) in [5, 5.41) is 6.72. The van der Waals surface area contributed by atoms with Crippen molar-refractivity contribution in [3.8, 4) is 0 Å². The second kappa shape index (κ2) is 7.73. The van der Waals surface area contributed by atoms with E-state index in [0.29, 0.717) is 24.0 Å². The van der Waals surface area contributed by atoms with Crippen LogP contribution in [0.1, 0.15) is 50.4 Å². The van der Waals surface area contributed by atoms with Crippen molar-refractivity contribution in [2.75, 3.05) is 35.2 Å². The van der Waals surface area contributed by atoms with Gasteiger partial charge in [-0.05, 0) is 26.2 Å². The quantitative estimate of drug-likeness (QED) is 0.734. The first kappa shape index (κ1) is 16.2. The highest BCUT2D eigenvalue weighted by Gasteiger charge is 2.28. The molecule has 1 heterocycles. The van der Waals surface area contributed by atoms with Crippen molar-refractivity contribution < 1.29 is 4.21 Å². The van der Waals surface area contributed by atoms with Crippen LogP contribution in [0.2, 0.25) is 0 Å². The van der Waals surface area contributed by atoms with Crippen LogP contribution in [0.15, 0.2) is 0 Å². The summed E-state index contributed by atoms with van der Waals surface area (Å²) in [5.41, 5.74) is 1.05. The van der Waals surface area contributed by atoms with Crippen molar-refractivity contribution in [1.29, 1.82) is 0 Å². The molecule has 21 heavy (non-hydrogen) atoms. The average molecular weight is 310 g/mol. The third kappa shape index (κ3) is 4.66. The van der Waals surface area contributed by atoms with Crippen LogP contribution in [0, 0.1) is 6.92 Å². The Kier molecular flexibility index (Phi) is 5.96. The molecule has 118 valence electrons. The van der Waals surface area contributed by atoms with E-state index in [9.17, 15) is 4.21 Å². The van der Waals surface area contributed by atoms with E-state index in [1.54, 1.807) is 0 Å². The van der Waals surface area contributed by atoms with Gasteiger partial charge in [0.2, 0.25) is 0 Å². The summed E-state index contributed by atoms with van der Waals surface area (Å²) in [7, 11) is -0.741. The zero-order valence-electron chi connectivity index (χ0n) is 13.2. The van der Waals surface area contributed by atoms with E-state index in [4.69, 9.17) is 0 Å². The number of aromatic nitrogens is 2. The molecule has 1 aliphatic rings. The summed E-state index contributed by atoms with van der Waals surface area (Å²) in [6.07, 6.45) is 3.45. The topological polar surface area (TPSA) is 66.9 Å². The van der Waals surface area contributed by atoms with Gasteiger partial charge < -0.3 is 10.6 Å². The van der Waals surface area contributed by atoms with Gasteiger partial charge in [-0.1, -0.05) is 13.8 Å². The molecule has 0 bridgehead atoms. The Morgan fingerprint density at radius 1 is 1.14 bits per heavy atom. The zero-order chi connectivity index (χ0) is 15.2. The molecule has 2 rings (SSSR count). The van der Waals surface area contributed by atoms with Gasteiger partial charge in [-0.25, -0.2) is 9.97 Å². The number of hydrogen-bond acceptors (Lipinski definition) is 5. The zero-order valence-corrected chi connectivity index (χ0v) is 14.1. The summed E-state index contributed by atoms with van der Waals surface area (Å²) in [6, 6.07) is 0. The summed E-state index contributed by atoms with van der Waals surface area (Å²) >= 11 is 0. The number of rotatable bonds is 9. The molecule has 1 aromatic heterocycles. The van der Waals surface area contributed by atoms with Gasteiger partial charge in [-0.15, -0.1) is 0 Å². The normalized spacial score (nSPS) is 15.8. The Bertz CT molecular complexity index is 503. The van der Waals surface area contributed by atoms with Gasteiger partial charge in [-0.3, -0.25) is 4.21 Å². The number of hydrogen-bond donors (Lipinski definition) is 2. The fraction of sp³-hybridized carbons (Fsp3) is 0.733. The predicted octanol–water partition coefficient (Wildman–Crippen LogP) is 2.66. The SMILES string of the molecule is CCCNc1nc(C2CC2)nc(NCCS(=O)CC)c1C. The lowest BCUT2D eigenvalue weighted by molar-refractivity contribution is 0.684. The van der Waals surface area contributed by atoms with Gasteiger partial charge in [0.1, 0.15) is 17.5 Å². The maximum atomic E-state index is 11.5. The number of nitrogens with one attached hydrogen (secondary N) is 2. The molecule has 2 N–H and O–H groups in total. The largest absolute Gasteiger partial charge is 0.370 e. The molecule has 0 aliphatic heterocycles. The van der Waals surface area contributed by atoms with Gasteiger partial charge >= 0.3 is 0 Å². The van der Waals surface area contributed by atoms with Crippen LogP contribution in [0.3, 0.4) is 0 Å². The Hall–Kier alpha value is -1.17. The van der Waals surface area contributed by atoms with Crippen LogP contribution in [-0.2, 0) is 10.8 Å². The smallest absolute Gasteiger partial charge is 0.136 e. The standard InChI is InChI=1S/C15H26N4OS/c1-4-8-16-13-11(3)14(17-9-10-21(20)5-2)19-15(18-13)12-6-7-12/h12H,4-10H2,1-3H3,(H2,16,17,18,19). The van der Waals surface area contributed by atoms with E-state index < -0.39 is 10.8 Å². The fourth-order valence-corrected chi connectivity index (χ4v) is 2.69. The van der Waals surface area contributed by atoms with Crippen LogP contribution >= 0.6 is 0 Å². The third-order valence-electron chi connectivity index (χ3n) is 3.59. The minimum Gasteiger partial charge on any atom is -0.370 e. The summed E-state index contributed by atoms with van der Waals surface area (Å²) in [6.45, 7) is 7.74. The van der Waals surface area contributed by atoms with Crippen molar-refractivity contribution in [2.24, 2.45) is 0 Å². The molecule has 0 spiro atoms. The minimum atomic E-state index is -0.741. The molecule has 0 aromatic carbocycles. The monoisotopic (exact) mass is 310 g/mol. The molecular formula is C15H26N4OS. The molecule has 1 unspecified atom stereocenters. The Morgan fingerprint density at radius 2 is 1.76 bits per heavy atom. The molecule has 0 saturated heterocycles. The first-order valence-electron chi connectivity index (χ1n) is 7.86. The van der Waals surface area contributed by atoms with Crippen LogP contribution in [0.4, 0.5) is 11.6 Å². The Labute approximate surface area is 129 Å². The van der Waals surface area contributed by atoms with Crippen molar-refractivity contribution in [2.45, 2.75) is 46.0 Å². The van der Waals surface area contributed by atoms with Crippen LogP contribution in [0.25, 0.3) is 0 Å². The highest BCUT2D eigenvalue weighted by molar-refractivity contribution is 7.84. The van der Waals surface area contributed by atoms with Gasteiger partial charge in [0.05, 0.1) is 0 Å². The van der Waals surface area contributed by atoms with Crippen LogP contribution in [0.5, 0.6) is 0 Å². The molecule has 1 aliphatic carbocycles. The second-order valence-electron chi connectivity index (χ2n) is 5.46. The Morgan fingerprint density at radius 3 is 2.29 bits per heavy atom. The third-order valence-corrected chi connectivity index (χ3v) is 4.90. The molecule has 5 nitrogen and oxygen atoms in total. The van der Waals surface area contributed by atoms with Crippen molar-refractivity contribution in [3.63, 3.8) is 0 Å². The molecule has 1 saturated carbocycles. The number of nitrogens with zero attached hydrogens (tertiary/aromatic N) is 2. The first-order valence-corrected chi connectivity index (χ1v) is 9.35. The Balaban J connectivity index is 2.09. The number of anilines is 2. The van der Waals surface area contributed by atoms with E-state index in [2.05, 4.69) is 27.5 Å². The van der Waals surface area contributed by atoms with E-state index in [1.807, 2.05) is 13.8 Å². The summed E-state index contributed by atoms with van der Waals surface area (Å²) < 4.78 is 11.5. The van der Waals surface area contributed by atoms with Crippen molar-refractivity contribution >= 4 is 22.4 Å². The fourth-order valence-electron chi connectivity index (χ4n) is 2.07. The highest BCUT2D eigenvalue weighted by atomic mass is 32.2. The highest BCUT2D eigenvalue weighted by Crippen LogP contribution is 2.39. The molecule has 0 amide bonds. The van der Waals surface area contributed by atoms with E-state index >= 15 is 0 Å². The lowest BCUT2D eigenvalue weighted by atomic mass is 10.2. The lowest BCUT2D eigenvalue weighted by Gasteiger charge is -2.14. The van der Waals surface area contributed by atoms with Crippen molar-refractivity contribution in [3.05, 3.63) is 11.4 Å². The maximum absolute atomic E-state index is 11.5. The summed E-state index contributed by atoms with van der Waals surface area (Å²) in [4.78, 5) is 9.33. The molecule has 6 heteroatoms. The molecule has 0 radical (unpaired) electrons. The van der Waals surface area contributed by atoms with Crippen LogP contribution < -0.4 is 10.6 Å². The van der Waals surface area contributed by atoms with E-state index in [-0.39, 0.29) is 0 Å². The van der Waals surface area contributed by atoms with Crippen LogP contribution in [-0.4, -0.2) is 38.8 Å². The van der Waals surface area contributed by atoms with Crippen molar-refractivity contribution in [1.82, 2.24) is 9.97 Å². The van der Waals surface area contributed by atoms with E-state index in [1.165, 1.54) is 12.8 Å². The van der Waals surface area contributed by atoms with Gasteiger partial charge in [0, 0.05) is 46.9 Å². The maximum Gasteiger partial charge on any atom is 0.136 e. The molecule has 1 fully saturated rings. The van der Waals surface area contributed by atoms with Gasteiger partial charge in [0.25, 0.3) is 0 Å². The van der Waals surface area contributed by atoms with E-state index in [0.717, 1.165) is 36.0 Å². The second-order valence-corrected chi connectivity index (χ2v) is 7.33. The predicted molar refractivity (Wildman–Crippen MR) is 89.6 cm³/mol. The van der Waals surface area contributed by atoms with Gasteiger partial charge in [0.15, 0.2) is 0 Å². The lowest BCUT2D eigenvalue weighted by Crippen LogP contribution is -2.16. The average Bonchev–Trinajstić information content (AvgIpc) is 3.32. The van der Waals surface area contributed by atoms with Gasteiger partial charge in [-0.2, -0.15) is 0 Å².